The van der Waals surface area contributed by atoms with E-state index in [1.54, 1.807) is 22.5 Å². The van der Waals surface area contributed by atoms with Crippen LogP contribution in [0, 0.1) is 0 Å². The number of thiocarbonyl (C=S) groups is 1. The lowest BCUT2D eigenvalue weighted by Crippen LogP contribution is -2.32. The number of carbonyl (C=O) groups excluding carboxylic acids is 1. The fourth-order valence-corrected chi connectivity index (χ4v) is 5.71. The molecule has 3 aromatic rings. The molecule has 4 rings (SSSR count). The molecule has 7 nitrogen and oxygen atoms in total. The average Bonchev–Trinajstić information content (AvgIpc) is 3.34. The molecule has 2 heterocycles. The normalized spacial score (nSPS) is 15.5. The third-order valence-corrected chi connectivity index (χ3v) is 7.88. The lowest BCUT2D eigenvalue weighted by molar-refractivity contribution is -0.121. The zero-order valence-corrected chi connectivity index (χ0v) is 21.3. The highest BCUT2D eigenvalue weighted by Crippen LogP contribution is 2.35. The van der Waals surface area contributed by atoms with Crippen molar-refractivity contribution in [2.24, 2.45) is 0 Å². The molecule has 34 heavy (non-hydrogen) atoms. The van der Waals surface area contributed by atoms with Crippen LogP contribution >= 0.6 is 35.7 Å². The predicted molar refractivity (Wildman–Crippen MR) is 140 cm³/mol. The minimum absolute atomic E-state index is 0.220. The van der Waals surface area contributed by atoms with E-state index in [-0.39, 0.29) is 10.9 Å². The van der Waals surface area contributed by atoms with Crippen molar-refractivity contribution in [3.8, 4) is 16.9 Å². The number of aromatic nitrogens is 2. The van der Waals surface area contributed by atoms with Crippen LogP contribution in [0.15, 0.2) is 70.6 Å². The molecule has 0 radical (unpaired) electrons. The number of para-hydroxylation sites is 1. The molecule has 1 amide bonds. The van der Waals surface area contributed by atoms with E-state index in [2.05, 4.69) is 6.92 Å². The molecule has 1 aliphatic heterocycles. The van der Waals surface area contributed by atoms with E-state index >= 15 is 0 Å². The van der Waals surface area contributed by atoms with Gasteiger partial charge in [0.15, 0.2) is 0 Å². The molecular formula is C23H20N3O4S4-. The Kier molecular flexibility index (Phi) is 7.58. The molecular weight excluding hydrogens is 511 g/mol. The van der Waals surface area contributed by atoms with Gasteiger partial charge in [-0.3, -0.25) is 9.69 Å². The van der Waals surface area contributed by atoms with E-state index in [4.69, 9.17) is 17.3 Å². The highest BCUT2D eigenvalue weighted by molar-refractivity contribution is 8.26. The first-order valence-electron chi connectivity index (χ1n) is 10.3. The Morgan fingerprint density at radius 1 is 1.15 bits per heavy atom. The first-order valence-corrected chi connectivity index (χ1v) is 14.1. The Bertz CT molecular complexity index is 1350. The Labute approximate surface area is 212 Å². The van der Waals surface area contributed by atoms with Crippen molar-refractivity contribution in [3.05, 3.63) is 71.3 Å². The standard InChI is InChI=1S/C23H21N3O4S4/c1-2-32-19-10-8-16(9-11-19)21-17(15-26(24-21)18-6-4-3-5-7-18)14-20-22(27)25(23(31)33-20)12-13-34(28,29)30/h3-11,14-15H,2,12-13H2,1H3,(H,28,29,30)/p-1/b20-14-. The van der Waals surface area contributed by atoms with Crippen molar-refractivity contribution in [1.29, 1.82) is 0 Å². The second-order valence-electron chi connectivity index (χ2n) is 7.27. The molecule has 11 heteroatoms. The van der Waals surface area contributed by atoms with Gasteiger partial charge in [0.2, 0.25) is 0 Å². The number of hydrogen-bond donors (Lipinski definition) is 0. The van der Waals surface area contributed by atoms with Gasteiger partial charge in [-0.2, -0.15) is 5.10 Å². The summed E-state index contributed by atoms with van der Waals surface area (Å²) < 4.78 is 35.0. The van der Waals surface area contributed by atoms with E-state index in [0.717, 1.165) is 44.1 Å². The topological polar surface area (TPSA) is 95.3 Å². The van der Waals surface area contributed by atoms with Crippen LogP contribution in [0.4, 0.5) is 0 Å². The molecule has 1 saturated heterocycles. The van der Waals surface area contributed by atoms with Crippen molar-refractivity contribution < 1.29 is 17.8 Å². The van der Waals surface area contributed by atoms with Crippen molar-refractivity contribution in [3.63, 3.8) is 0 Å². The molecule has 176 valence electrons. The second kappa shape index (κ2) is 10.4. The van der Waals surface area contributed by atoms with Gasteiger partial charge in [-0.15, -0.1) is 11.8 Å². The molecule has 0 saturated carbocycles. The van der Waals surface area contributed by atoms with Crippen LogP contribution in [0.2, 0.25) is 0 Å². The molecule has 0 N–H and O–H groups in total. The van der Waals surface area contributed by atoms with Gasteiger partial charge in [0.05, 0.1) is 32.2 Å². The zero-order chi connectivity index (χ0) is 24.3. The summed E-state index contributed by atoms with van der Waals surface area (Å²) in [7, 11) is -4.46. The van der Waals surface area contributed by atoms with Gasteiger partial charge in [-0.05, 0) is 36.1 Å². The van der Waals surface area contributed by atoms with Gasteiger partial charge >= 0.3 is 0 Å². The van der Waals surface area contributed by atoms with Crippen LogP contribution in [0.1, 0.15) is 12.5 Å². The Morgan fingerprint density at radius 2 is 1.85 bits per heavy atom. The van der Waals surface area contributed by atoms with Crippen LogP contribution in [-0.4, -0.2) is 55.9 Å². The average molecular weight is 531 g/mol. The summed E-state index contributed by atoms with van der Waals surface area (Å²) in [5, 5.41) is 4.78. The Morgan fingerprint density at radius 3 is 2.50 bits per heavy atom. The molecule has 1 fully saturated rings. The molecule has 1 aliphatic rings. The monoisotopic (exact) mass is 530 g/mol. The zero-order valence-electron chi connectivity index (χ0n) is 18.1. The summed E-state index contributed by atoms with van der Waals surface area (Å²) in [6.45, 7) is 1.83. The van der Waals surface area contributed by atoms with E-state index in [0.29, 0.717) is 10.6 Å². The van der Waals surface area contributed by atoms with Crippen LogP contribution in [-0.2, 0) is 14.9 Å². The Hall–Kier alpha value is -2.44. The van der Waals surface area contributed by atoms with Crippen LogP contribution < -0.4 is 0 Å². The van der Waals surface area contributed by atoms with Crippen molar-refractivity contribution in [2.45, 2.75) is 11.8 Å². The van der Waals surface area contributed by atoms with Crippen LogP contribution in [0.3, 0.4) is 0 Å². The van der Waals surface area contributed by atoms with Gasteiger partial charge in [0.1, 0.15) is 4.32 Å². The third kappa shape index (κ3) is 5.78. The first-order chi connectivity index (χ1) is 16.2. The third-order valence-electron chi connectivity index (χ3n) is 4.93. The number of hydrogen-bond acceptors (Lipinski definition) is 8. The minimum Gasteiger partial charge on any atom is -0.748 e. The summed E-state index contributed by atoms with van der Waals surface area (Å²) in [6, 6.07) is 17.7. The van der Waals surface area contributed by atoms with E-state index < -0.39 is 21.8 Å². The van der Waals surface area contributed by atoms with Gasteiger partial charge in [0.25, 0.3) is 5.91 Å². The highest BCUT2D eigenvalue weighted by atomic mass is 32.2. The van der Waals surface area contributed by atoms with E-state index in [9.17, 15) is 17.8 Å². The molecule has 0 spiro atoms. The summed E-state index contributed by atoms with van der Waals surface area (Å²) in [6.07, 6.45) is 3.55. The summed E-state index contributed by atoms with van der Waals surface area (Å²) in [4.78, 5) is 15.6. The fourth-order valence-electron chi connectivity index (χ4n) is 3.34. The lowest BCUT2D eigenvalue weighted by Gasteiger charge is -2.15. The maximum absolute atomic E-state index is 12.9. The smallest absolute Gasteiger partial charge is 0.266 e. The number of nitrogens with zero attached hydrogens (tertiary/aromatic N) is 3. The largest absolute Gasteiger partial charge is 0.748 e. The number of amides is 1. The van der Waals surface area contributed by atoms with Gasteiger partial charge in [0, 0.05) is 28.8 Å². The van der Waals surface area contributed by atoms with Crippen molar-refractivity contribution >= 4 is 62.2 Å². The first kappa shape index (κ1) is 24.7. The quantitative estimate of drug-likeness (QED) is 0.183. The minimum atomic E-state index is -4.46. The summed E-state index contributed by atoms with van der Waals surface area (Å²) in [5.41, 5.74) is 3.19. The second-order valence-corrected chi connectivity index (χ2v) is 11.8. The molecule has 1 aromatic heterocycles. The Balaban J connectivity index is 1.71. The van der Waals surface area contributed by atoms with Crippen molar-refractivity contribution in [2.75, 3.05) is 18.1 Å². The van der Waals surface area contributed by atoms with Gasteiger partial charge < -0.3 is 4.55 Å². The van der Waals surface area contributed by atoms with Crippen LogP contribution in [0.5, 0.6) is 0 Å². The molecule has 0 bridgehead atoms. The molecule has 0 aliphatic carbocycles. The fraction of sp³-hybridized carbons (Fsp3) is 0.174. The molecule has 0 atom stereocenters. The number of carbonyl (C=O) groups is 1. The maximum Gasteiger partial charge on any atom is 0.266 e. The van der Waals surface area contributed by atoms with E-state index in [1.165, 1.54) is 0 Å². The molecule has 0 unspecified atom stereocenters. The predicted octanol–water partition coefficient (Wildman–Crippen LogP) is 4.40. The number of rotatable bonds is 8. The lowest BCUT2D eigenvalue weighted by atomic mass is 10.1. The van der Waals surface area contributed by atoms with Crippen LogP contribution in [0.25, 0.3) is 23.0 Å². The van der Waals surface area contributed by atoms with E-state index in [1.807, 2.05) is 60.8 Å². The van der Waals surface area contributed by atoms with Gasteiger partial charge in [-0.25, -0.2) is 13.1 Å². The SMILES string of the molecule is CCSc1ccc(-c2nn(-c3ccccc3)cc2/C=C2\SC(=S)N(CCS(=O)(=O)[O-])C2=O)cc1. The number of benzene rings is 2. The summed E-state index contributed by atoms with van der Waals surface area (Å²) >= 11 is 8.08. The summed E-state index contributed by atoms with van der Waals surface area (Å²) in [5.74, 6) is -0.138. The maximum atomic E-state index is 12.9. The highest BCUT2D eigenvalue weighted by Gasteiger charge is 2.32. The number of thioether (sulfide) groups is 2. The van der Waals surface area contributed by atoms with Gasteiger partial charge in [-0.1, -0.05) is 61.2 Å². The molecule has 2 aromatic carbocycles. The van der Waals surface area contributed by atoms with Crippen molar-refractivity contribution in [1.82, 2.24) is 14.7 Å².